The van der Waals surface area contributed by atoms with Gasteiger partial charge in [0.15, 0.2) is 23.2 Å². The predicted molar refractivity (Wildman–Crippen MR) is 112 cm³/mol. The number of nitrogens with one attached hydrogen (secondary N) is 1. The lowest BCUT2D eigenvalue weighted by Crippen LogP contribution is -2.29. The van der Waals surface area contributed by atoms with Gasteiger partial charge in [-0.2, -0.15) is 0 Å². The van der Waals surface area contributed by atoms with Crippen LogP contribution in [-0.4, -0.2) is 32.9 Å². The van der Waals surface area contributed by atoms with E-state index in [1.54, 1.807) is 23.6 Å². The molecular formula is C20H14N4O6S. The number of non-ortho nitro benzene ring substituents is 1. The molecule has 0 spiro atoms. The summed E-state index contributed by atoms with van der Waals surface area (Å²) in [5, 5.41) is 15.5. The fourth-order valence-corrected chi connectivity index (χ4v) is 3.44. The molecule has 1 amide bonds. The van der Waals surface area contributed by atoms with Crippen molar-refractivity contribution in [1.29, 1.82) is 0 Å². The number of nitro groups is 1. The summed E-state index contributed by atoms with van der Waals surface area (Å²) in [7, 11) is 0. The van der Waals surface area contributed by atoms with Gasteiger partial charge in [-0.15, -0.1) is 11.3 Å². The maximum Gasteiger partial charge on any atom is 0.338 e. The van der Waals surface area contributed by atoms with Gasteiger partial charge in [0, 0.05) is 23.1 Å². The molecule has 1 unspecified atom stereocenters. The predicted octanol–water partition coefficient (Wildman–Crippen LogP) is 4.04. The van der Waals surface area contributed by atoms with E-state index >= 15 is 0 Å². The van der Waals surface area contributed by atoms with E-state index in [0.717, 1.165) is 11.3 Å². The van der Waals surface area contributed by atoms with Gasteiger partial charge >= 0.3 is 5.97 Å². The first-order valence-electron chi connectivity index (χ1n) is 8.96. The number of hydrogen-bond acceptors (Lipinski definition) is 9. The lowest BCUT2D eigenvalue weighted by molar-refractivity contribution is -0.384. The average Bonchev–Trinajstić information content (AvgIpc) is 3.42. The van der Waals surface area contributed by atoms with Crippen LogP contribution in [0.25, 0.3) is 22.4 Å². The molecule has 1 atom stereocenters. The SMILES string of the molecule is CC(OC(=O)c1ccc2ocnc2c1)C(=O)Nc1nc(-c2cccc([N+](=O)[O-])c2)cs1. The van der Waals surface area contributed by atoms with Crippen LogP contribution in [0.2, 0.25) is 0 Å². The van der Waals surface area contributed by atoms with Crippen LogP contribution in [0.3, 0.4) is 0 Å². The number of anilines is 1. The molecule has 0 aliphatic carbocycles. The zero-order valence-corrected chi connectivity index (χ0v) is 16.8. The summed E-state index contributed by atoms with van der Waals surface area (Å²) in [5.41, 5.74) is 2.25. The fraction of sp³-hybridized carbons (Fsp3) is 0.100. The van der Waals surface area contributed by atoms with E-state index < -0.39 is 22.9 Å². The molecular weight excluding hydrogens is 424 g/mol. The number of esters is 1. The number of nitrogens with zero attached hydrogens (tertiary/aromatic N) is 3. The molecule has 4 aromatic rings. The second-order valence-electron chi connectivity index (χ2n) is 6.42. The smallest absolute Gasteiger partial charge is 0.338 e. The van der Waals surface area contributed by atoms with Crippen molar-refractivity contribution in [2.24, 2.45) is 0 Å². The van der Waals surface area contributed by atoms with Crippen LogP contribution in [-0.2, 0) is 9.53 Å². The number of amides is 1. The molecule has 2 heterocycles. The van der Waals surface area contributed by atoms with Gasteiger partial charge in [-0.25, -0.2) is 14.8 Å². The third kappa shape index (κ3) is 4.41. The highest BCUT2D eigenvalue weighted by molar-refractivity contribution is 7.14. The molecule has 10 nitrogen and oxygen atoms in total. The Bertz CT molecular complexity index is 1300. The number of hydrogen-bond donors (Lipinski definition) is 1. The number of nitro benzene ring substituents is 1. The Morgan fingerprint density at radius 3 is 2.90 bits per heavy atom. The van der Waals surface area contributed by atoms with Crippen molar-refractivity contribution in [2.75, 3.05) is 5.32 Å². The quantitative estimate of drug-likeness (QED) is 0.270. The number of benzene rings is 2. The van der Waals surface area contributed by atoms with Crippen LogP contribution in [0.5, 0.6) is 0 Å². The van der Waals surface area contributed by atoms with Crippen molar-refractivity contribution in [1.82, 2.24) is 9.97 Å². The molecule has 0 aliphatic rings. The van der Waals surface area contributed by atoms with E-state index in [4.69, 9.17) is 9.15 Å². The number of carbonyl (C=O) groups is 2. The third-order valence-electron chi connectivity index (χ3n) is 4.31. The van der Waals surface area contributed by atoms with E-state index in [9.17, 15) is 19.7 Å². The number of aromatic nitrogens is 2. The minimum Gasteiger partial charge on any atom is -0.449 e. The number of rotatable bonds is 6. The van der Waals surface area contributed by atoms with Crippen LogP contribution < -0.4 is 5.32 Å². The molecule has 156 valence electrons. The van der Waals surface area contributed by atoms with Crippen LogP contribution in [0.1, 0.15) is 17.3 Å². The normalized spacial score (nSPS) is 11.8. The molecule has 0 saturated carbocycles. The zero-order valence-electron chi connectivity index (χ0n) is 16.0. The van der Waals surface area contributed by atoms with Gasteiger partial charge in [-0.1, -0.05) is 12.1 Å². The Kier molecular flexibility index (Phi) is 5.41. The van der Waals surface area contributed by atoms with E-state index in [1.807, 2.05) is 0 Å². The van der Waals surface area contributed by atoms with Crippen molar-refractivity contribution in [3.63, 3.8) is 0 Å². The van der Waals surface area contributed by atoms with Crippen LogP contribution in [0.15, 0.2) is 58.7 Å². The maximum atomic E-state index is 12.4. The topological polar surface area (TPSA) is 137 Å². The molecule has 31 heavy (non-hydrogen) atoms. The summed E-state index contributed by atoms with van der Waals surface area (Å²) >= 11 is 1.15. The highest BCUT2D eigenvalue weighted by Crippen LogP contribution is 2.27. The minimum atomic E-state index is -1.08. The Morgan fingerprint density at radius 2 is 2.10 bits per heavy atom. The Balaban J connectivity index is 1.40. The monoisotopic (exact) mass is 438 g/mol. The summed E-state index contributed by atoms with van der Waals surface area (Å²) in [6, 6.07) is 10.7. The van der Waals surface area contributed by atoms with Crippen molar-refractivity contribution in [3.8, 4) is 11.3 Å². The molecule has 0 fully saturated rings. The molecule has 2 aromatic heterocycles. The van der Waals surface area contributed by atoms with Gasteiger partial charge in [-0.3, -0.25) is 20.2 Å². The molecule has 2 aromatic carbocycles. The van der Waals surface area contributed by atoms with E-state index in [-0.39, 0.29) is 16.4 Å². The fourth-order valence-electron chi connectivity index (χ4n) is 2.72. The summed E-state index contributed by atoms with van der Waals surface area (Å²) in [4.78, 5) is 43.4. The van der Waals surface area contributed by atoms with Gasteiger partial charge in [0.1, 0.15) is 5.52 Å². The molecule has 4 rings (SSSR count). The number of carbonyl (C=O) groups excluding carboxylic acids is 2. The van der Waals surface area contributed by atoms with Crippen molar-refractivity contribution < 1.29 is 23.7 Å². The maximum absolute atomic E-state index is 12.4. The second-order valence-corrected chi connectivity index (χ2v) is 7.28. The summed E-state index contributed by atoms with van der Waals surface area (Å²) in [5.74, 6) is -1.24. The molecule has 0 radical (unpaired) electrons. The third-order valence-corrected chi connectivity index (χ3v) is 5.06. The van der Waals surface area contributed by atoms with Gasteiger partial charge in [-0.05, 0) is 25.1 Å². The second kappa shape index (κ2) is 8.32. The molecule has 0 bridgehead atoms. The van der Waals surface area contributed by atoms with Gasteiger partial charge < -0.3 is 9.15 Å². The van der Waals surface area contributed by atoms with Crippen molar-refractivity contribution in [2.45, 2.75) is 13.0 Å². The van der Waals surface area contributed by atoms with E-state index in [0.29, 0.717) is 22.4 Å². The summed E-state index contributed by atoms with van der Waals surface area (Å²) in [6.07, 6.45) is 0.192. The number of fused-ring (bicyclic) bond motifs is 1. The van der Waals surface area contributed by atoms with Crippen molar-refractivity contribution >= 4 is 45.1 Å². The first-order valence-corrected chi connectivity index (χ1v) is 9.84. The van der Waals surface area contributed by atoms with Gasteiger partial charge in [0.25, 0.3) is 11.6 Å². The Hall–Kier alpha value is -4.12. The Morgan fingerprint density at radius 1 is 1.26 bits per heavy atom. The summed E-state index contributed by atoms with van der Waals surface area (Å²) < 4.78 is 10.3. The Labute approximate surface area is 178 Å². The van der Waals surface area contributed by atoms with Crippen LogP contribution in [0, 0.1) is 10.1 Å². The summed E-state index contributed by atoms with van der Waals surface area (Å²) in [6.45, 7) is 1.44. The largest absolute Gasteiger partial charge is 0.449 e. The lowest BCUT2D eigenvalue weighted by Gasteiger charge is -2.12. The van der Waals surface area contributed by atoms with Crippen LogP contribution >= 0.6 is 11.3 Å². The van der Waals surface area contributed by atoms with E-state index in [2.05, 4.69) is 15.3 Å². The first-order chi connectivity index (χ1) is 14.9. The highest BCUT2D eigenvalue weighted by atomic mass is 32.1. The molecule has 0 aliphatic heterocycles. The van der Waals surface area contributed by atoms with Crippen molar-refractivity contribution in [3.05, 3.63) is 69.9 Å². The molecule has 0 saturated heterocycles. The van der Waals surface area contributed by atoms with Gasteiger partial charge in [0.2, 0.25) is 0 Å². The average molecular weight is 438 g/mol. The highest BCUT2D eigenvalue weighted by Gasteiger charge is 2.21. The number of oxazole rings is 1. The molecule has 11 heteroatoms. The molecule has 1 N–H and O–H groups in total. The van der Waals surface area contributed by atoms with E-state index in [1.165, 1.54) is 37.6 Å². The van der Waals surface area contributed by atoms with Gasteiger partial charge in [0.05, 0.1) is 16.2 Å². The zero-order chi connectivity index (χ0) is 22.0. The standard InChI is InChI=1S/C20H14N4O6S/c1-11(30-19(26)13-5-6-17-15(8-13)21-10-29-17)18(25)23-20-22-16(9-31-20)12-3-2-4-14(7-12)24(27)28/h2-11H,1H3,(H,22,23,25). The minimum absolute atomic E-state index is 0.0552. The lowest BCUT2D eigenvalue weighted by atomic mass is 10.1. The number of thiazole rings is 1. The first kappa shape index (κ1) is 20.2. The van der Waals surface area contributed by atoms with Crippen LogP contribution in [0.4, 0.5) is 10.8 Å². The number of ether oxygens (including phenoxy) is 1.